The largest absolute Gasteiger partial charge is 0.379 e. The van der Waals surface area contributed by atoms with E-state index in [0.717, 1.165) is 11.4 Å². The second kappa shape index (κ2) is 22.2. The number of rotatable bonds is 15. The van der Waals surface area contributed by atoms with Crippen molar-refractivity contribution in [3.8, 4) is 11.5 Å². The van der Waals surface area contributed by atoms with Gasteiger partial charge in [-0.05, 0) is 133 Å². The van der Waals surface area contributed by atoms with Gasteiger partial charge in [-0.25, -0.2) is 18.0 Å². The maximum Gasteiger partial charge on any atom is 0.339 e. The minimum Gasteiger partial charge on any atom is -0.379 e. The summed E-state index contributed by atoms with van der Waals surface area (Å²) in [6, 6.07) is 57.7. The van der Waals surface area contributed by atoms with Crippen LogP contribution in [0, 0.1) is 0 Å². The lowest BCUT2D eigenvalue weighted by Crippen LogP contribution is -2.19. The first kappa shape index (κ1) is 48.3. The fraction of sp³-hybridized carbons (Fsp3) is 0. The van der Waals surface area contributed by atoms with E-state index in [-0.39, 0.29) is 31.9 Å². The number of hydrogen-bond acceptors (Lipinski definition) is 11. The van der Waals surface area contributed by atoms with Crippen LogP contribution in [0.15, 0.2) is 233 Å². The SMILES string of the molecule is O=C(Nc1ccccc1)Nc1ccc(OS(=O)(=O)c2ccc(Nc3ccccc3)cc2)cc1.O=C(Nc1ccccc1)Nc1cccc(OS(=O)(=O)c2ccc(NS(=O)(=O)c3ccccc3)cc2)c1. The zero-order valence-electron chi connectivity index (χ0n) is 36.1. The molecule has 0 saturated heterocycles. The smallest absolute Gasteiger partial charge is 0.339 e. The third-order valence-electron chi connectivity index (χ3n) is 9.33. The van der Waals surface area contributed by atoms with E-state index in [4.69, 9.17) is 8.37 Å². The molecule has 0 atom stereocenters. The van der Waals surface area contributed by atoms with E-state index in [1.54, 1.807) is 84.9 Å². The summed E-state index contributed by atoms with van der Waals surface area (Å²) in [5.41, 5.74) is 3.91. The van der Waals surface area contributed by atoms with E-state index in [9.17, 15) is 34.8 Å². The van der Waals surface area contributed by atoms with Gasteiger partial charge in [0.1, 0.15) is 21.3 Å². The van der Waals surface area contributed by atoms with E-state index in [1.807, 2.05) is 54.6 Å². The molecule has 0 aliphatic carbocycles. The summed E-state index contributed by atoms with van der Waals surface area (Å²) in [5.74, 6) is 0.122. The molecule has 8 rings (SSSR count). The topological polar surface area (TPSA) is 227 Å². The van der Waals surface area contributed by atoms with Crippen molar-refractivity contribution in [3.63, 3.8) is 0 Å². The van der Waals surface area contributed by atoms with Crippen molar-refractivity contribution >= 4 is 82.1 Å². The maximum atomic E-state index is 12.7. The Hall–Kier alpha value is -8.65. The average Bonchev–Trinajstić information content (AvgIpc) is 3.34. The van der Waals surface area contributed by atoms with Gasteiger partial charge in [-0.2, -0.15) is 16.8 Å². The van der Waals surface area contributed by atoms with Gasteiger partial charge < -0.3 is 35.0 Å². The molecule has 6 N–H and O–H groups in total. The Morgan fingerprint density at radius 2 is 0.681 bits per heavy atom. The molecule has 0 heterocycles. The summed E-state index contributed by atoms with van der Waals surface area (Å²) in [6.07, 6.45) is 0. The third-order valence-corrected chi connectivity index (χ3v) is 13.3. The molecule has 8 aromatic carbocycles. The van der Waals surface area contributed by atoms with Crippen molar-refractivity contribution in [2.24, 2.45) is 0 Å². The van der Waals surface area contributed by atoms with Gasteiger partial charge >= 0.3 is 32.3 Å². The first-order valence-electron chi connectivity index (χ1n) is 20.6. The average molecular weight is 983 g/mol. The van der Waals surface area contributed by atoms with Crippen molar-refractivity contribution in [2.75, 3.05) is 31.3 Å². The summed E-state index contributed by atoms with van der Waals surface area (Å²) in [4.78, 5) is 24.2. The lowest BCUT2D eigenvalue weighted by Gasteiger charge is -2.11. The monoisotopic (exact) mass is 982 g/mol. The highest BCUT2D eigenvalue weighted by molar-refractivity contribution is 7.92. The first-order chi connectivity index (χ1) is 33.2. The minimum absolute atomic E-state index is 0.0126. The van der Waals surface area contributed by atoms with Crippen LogP contribution in [-0.2, 0) is 30.3 Å². The van der Waals surface area contributed by atoms with Crippen LogP contribution in [0.25, 0.3) is 0 Å². The molecule has 0 fully saturated rings. The predicted molar refractivity (Wildman–Crippen MR) is 267 cm³/mol. The number of benzene rings is 8. The van der Waals surface area contributed by atoms with Crippen LogP contribution < -0.4 is 39.7 Å². The number of carbonyl (C=O) groups is 2. The molecule has 0 saturated carbocycles. The van der Waals surface area contributed by atoms with Gasteiger partial charge in [0.05, 0.1) is 4.90 Å². The van der Waals surface area contributed by atoms with Crippen molar-refractivity contribution in [1.82, 2.24) is 0 Å². The standard InChI is InChI=1S/C25H21N3O6S2.C25H21N3O4S/c29-25(26-19-8-3-1-4-9-19)27-21-10-7-11-22(18-21)34-36(32,33)24-16-14-20(15-17-24)28-35(30,31)23-12-5-2-6-13-23;29-25(27-20-9-5-2-6-10-20)28-22-11-15-23(16-12-22)32-33(30,31)24-17-13-21(14-18-24)26-19-7-3-1-4-8-19/h1-18,28H,(H2,26,27,29);1-18,26H,(H2,27,28,29). The van der Waals surface area contributed by atoms with Crippen LogP contribution in [0.2, 0.25) is 0 Å². The summed E-state index contributed by atoms with van der Waals surface area (Å²) in [6.45, 7) is 0. The molecule has 19 heteroatoms. The molecule has 69 heavy (non-hydrogen) atoms. The number of sulfonamides is 1. The molecule has 4 amide bonds. The van der Waals surface area contributed by atoms with Crippen LogP contribution in [-0.4, -0.2) is 37.3 Å². The zero-order chi connectivity index (χ0) is 48.7. The summed E-state index contributed by atoms with van der Waals surface area (Å²) < 4.78 is 88.4. The highest BCUT2D eigenvalue weighted by Gasteiger charge is 2.20. The van der Waals surface area contributed by atoms with Gasteiger partial charge in [0.15, 0.2) is 0 Å². The van der Waals surface area contributed by atoms with Crippen LogP contribution in [0.5, 0.6) is 11.5 Å². The molecule has 0 radical (unpaired) electrons. The number of para-hydroxylation sites is 3. The Morgan fingerprint density at radius 1 is 0.319 bits per heavy atom. The molecular formula is C50H42N6O10S3. The second-order valence-corrected chi connectivity index (χ2v) is 19.3. The van der Waals surface area contributed by atoms with E-state index < -0.39 is 42.3 Å². The number of nitrogens with one attached hydrogen (secondary N) is 6. The molecule has 0 bridgehead atoms. The molecular weight excluding hydrogens is 941 g/mol. The number of carbonyl (C=O) groups excluding carboxylic acids is 2. The van der Waals surface area contributed by atoms with E-state index in [2.05, 4.69) is 31.3 Å². The Labute approximate surface area is 399 Å². The van der Waals surface area contributed by atoms with Gasteiger partial charge in [-0.1, -0.05) is 78.9 Å². The molecule has 0 unspecified atom stereocenters. The van der Waals surface area contributed by atoms with Crippen LogP contribution in [0.1, 0.15) is 0 Å². The predicted octanol–water partition coefficient (Wildman–Crippen LogP) is 10.7. The van der Waals surface area contributed by atoms with Crippen LogP contribution >= 0.6 is 0 Å². The summed E-state index contributed by atoms with van der Waals surface area (Å²) in [7, 11) is -12.0. The van der Waals surface area contributed by atoms with Crippen molar-refractivity contribution in [3.05, 3.63) is 218 Å². The number of hydrogen-bond donors (Lipinski definition) is 6. The van der Waals surface area contributed by atoms with Gasteiger partial charge in [-0.15, -0.1) is 0 Å². The van der Waals surface area contributed by atoms with E-state index in [0.29, 0.717) is 22.7 Å². The van der Waals surface area contributed by atoms with Gasteiger partial charge in [-0.3, -0.25) is 4.72 Å². The quantitative estimate of drug-likeness (QED) is 0.0530. The van der Waals surface area contributed by atoms with Crippen molar-refractivity contribution < 1.29 is 43.2 Å². The number of amides is 4. The van der Waals surface area contributed by atoms with E-state index >= 15 is 0 Å². The number of anilines is 7. The highest BCUT2D eigenvalue weighted by atomic mass is 32.2. The lowest BCUT2D eigenvalue weighted by molar-refractivity contribution is 0.261. The molecule has 16 nitrogen and oxygen atoms in total. The van der Waals surface area contributed by atoms with Crippen LogP contribution in [0.3, 0.4) is 0 Å². The molecule has 8 aromatic rings. The van der Waals surface area contributed by atoms with Crippen molar-refractivity contribution in [1.29, 1.82) is 0 Å². The molecule has 350 valence electrons. The van der Waals surface area contributed by atoms with Gasteiger partial charge in [0.2, 0.25) is 0 Å². The molecule has 0 aliphatic rings. The Balaban J connectivity index is 0.000000205. The lowest BCUT2D eigenvalue weighted by atomic mass is 10.3. The number of urea groups is 2. The fourth-order valence-corrected chi connectivity index (χ4v) is 9.03. The zero-order valence-corrected chi connectivity index (χ0v) is 38.5. The molecule has 0 aromatic heterocycles. The maximum absolute atomic E-state index is 12.7. The van der Waals surface area contributed by atoms with Crippen molar-refractivity contribution in [2.45, 2.75) is 14.7 Å². The highest BCUT2D eigenvalue weighted by Crippen LogP contribution is 2.26. The fourth-order valence-electron chi connectivity index (χ4n) is 6.10. The Bertz CT molecular complexity index is 3320. The summed E-state index contributed by atoms with van der Waals surface area (Å²) in [5, 5.41) is 13.8. The third kappa shape index (κ3) is 14.4. The van der Waals surface area contributed by atoms with Crippen LogP contribution in [0.4, 0.5) is 49.4 Å². The summed E-state index contributed by atoms with van der Waals surface area (Å²) >= 11 is 0. The molecule has 0 aliphatic heterocycles. The molecule has 0 spiro atoms. The van der Waals surface area contributed by atoms with Gasteiger partial charge in [0, 0.05) is 45.9 Å². The minimum atomic E-state index is -4.23. The van der Waals surface area contributed by atoms with E-state index in [1.165, 1.54) is 78.9 Å². The second-order valence-electron chi connectivity index (χ2n) is 14.5. The Kier molecular flexibility index (Phi) is 15.6. The normalized spacial score (nSPS) is 11.1. The van der Waals surface area contributed by atoms with Gasteiger partial charge in [0.25, 0.3) is 10.0 Å². The Morgan fingerprint density at radius 3 is 1.17 bits per heavy atom. The first-order valence-corrected chi connectivity index (χ1v) is 24.9.